The van der Waals surface area contributed by atoms with Gasteiger partial charge in [0.05, 0.1) is 16.7 Å². The molecular formula is C35H15NS5. The van der Waals surface area contributed by atoms with Crippen LogP contribution in [-0.4, -0.2) is 4.98 Å². The van der Waals surface area contributed by atoms with Gasteiger partial charge in [0, 0.05) is 54.7 Å². The third-order valence-electron chi connectivity index (χ3n) is 5.45. The zero-order valence-electron chi connectivity index (χ0n) is 21.1. The molecule has 0 aromatic carbocycles. The molecule has 0 aliphatic carbocycles. The fourth-order valence-corrected chi connectivity index (χ4v) is 6.42. The van der Waals surface area contributed by atoms with Gasteiger partial charge in [-0.15, -0.1) is 0 Å². The molecule has 0 saturated heterocycles. The van der Waals surface area contributed by atoms with Crippen LogP contribution in [0.3, 0.4) is 0 Å². The van der Waals surface area contributed by atoms with E-state index in [4.69, 9.17) is 4.98 Å². The van der Waals surface area contributed by atoms with Crippen LogP contribution in [0.4, 0.5) is 0 Å². The van der Waals surface area contributed by atoms with Gasteiger partial charge in [-0.25, -0.2) is 4.98 Å². The Morgan fingerprint density at radius 3 is 0.927 bits per heavy atom. The molecule has 0 N–H and O–H groups in total. The van der Waals surface area contributed by atoms with Crippen LogP contribution in [0.25, 0.3) is 0 Å². The molecule has 1 nitrogen and oxygen atoms in total. The van der Waals surface area contributed by atoms with Crippen LogP contribution in [0, 0.1) is 59.2 Å². The first-order valence-corrected chi connectivity index (χ1v) is 16.8. The van der Waals surface area contributed by atoms with E-state index >= 15 is 0 Å². The summed E-state index contributed by atoms with van der Waals surface area (Å²) in [5, 5.41) is 20.1. The van der Waals surface area contributed by atoms with E-state index in [1.165, 1.54) is 0 Å². The largest absolute Gasteiger partial charge is 0.228 e. The number of aromatic nitrogens is 1. The van der Waals surface area contributed by atoms with E-state index in [0.717, 1.165) is 27.8 Å². The van der Waals surface area contributed by atoms with Crippen molar-refractivity contribution >= 4 is 56.7 Å². The minimum Gasteiger partial charge on any atom is -0.228 e. The maximum atomic E-state index is 4.97. The molecule has 6 aromatic heterocycles. The minimum atomic E-state index is 0.532. The monoisotopic (exact) mass is 609 g/mol. The first kappa shape index (κ1) is 26.7. The zero-order valence-corrected chi connectivity index (χ0v) is 25.2. The van der Waals surface area contributed by atoms with Gasteiger partial charge in [0.15, 0.2) is 0 Å². The molecule has 0 atom stereocenters. The van der Waals surface area contributed by atoms with Crippen molar-refractivity contribution in [3.8, 4) is 59.2 Å². The lowest BCUT2D eigenvalue weighted by atomic mass is 9.97. The topological polar surface area (TPSA) is 12.9 Å². The van der Waals surface area contributed by atoms with E-state index in [-0.39, 0.29) is 0 Å². The highest BCUT2D eigenvalue weighted by atomic mass is 32.1. The second kappa shape index (κ2) is 13.2. The molecule has 6 aromatic rings. The summed E-state index contributed by atoms with van der Waals surface area (Å²) in [6, 6.07) is 9.97. The summed E-state index contributed by atoms with van der Waals surface area (Å²) in [4.78, 5) is 4.97. The molecule has 41 heavy (non-hydrogen) atoms. The van der Waals surface area contributed by atoms with Crippen molar-refractivity contribution in [1.29, 1.82) is 0 Å². The summed E-state index contributed by atoms with van der Waals surface area (Å²) in [5.41, 5.74) is 7.67. The Kier molecular flexibility index (Phi) is 8.59. The molecule has 0 amide bonds. The predicted molar refractivity (Wildman–Crippen MR) is 176 cm³/mol. The van der Waals surface area contributed by atoms with Gasteiger partial charge in [-0.1, -0.05) is 47.4 Å². The van der Waals surface area contributed by atoms with E-state index in [2.05, 4.69) is 59.2 Å². The highest BCUT2D eigenvalue weighted by Crippen LogP contribution is 2.21. The molecule has 6 heteroatoms. The first-order valence-electron chi connectivity index (χ1n) is 12.1. The molecule has 0 aliphatic heterocycles. The minimum absolute atomic E-state index is 0.532. The molecule has 0 radical (unpaired) electrons. The van der Waals surface area contributed by atoms with Crippen molar-refractivity contribution in [2.24, 2.45) is 0 Å². The van der Waals surface area contributed by atoms with Crippen LogP contribution in [0.2, 0.25) is 0 Å². The van der Waals surface area contributed by atoms with Crippen LogP contribution in [-0.2, 0) is 0 Å². The Balaban J connectivity index is 1.65. The van der Waals surface area contributed by atoms with Crippen LogP contribution >= 0.6 is 56.7 Å². The molecule has 0 spiro atoms. The highest BCUT2D eigenvalue weighted by Gasteiger charge is 2.16. The number of hydrogen-bond donors (Lipinski definition) is 0. The molecule has 0 unspecified atom stereocenters. The van der Waals surface area contributed by atoms with Gasteiger partial charge >= 0.3 is 0 Å². The van der Waals surface area contributed by atoms with Gasteiger partial charge in [-0.3, -0.25) is 0 Å². The normalized spacial score (nSPS) is 9.46. The number of hydrogen-bond acceptors (Lipinski definition) is 6. The van der Waals surface area contributed by atoms with Gasteiger partial charge in [0.25, 0.3) is 0 Å². The standard InChI is InChI=1S/C35H15NS5/c1(26-11-16-37-21-26)6-31-32(7-2-27-12-17-38-22-27)34(9-4-29-14-19-40-24-29)36-35(10-5-30-15-20-41-25-30)33(31)8-3-28-13-18-39-23-28/h11-25H. The quantitative estimate of drug-likeness (QED) is 0.158. The van der Waals surface area contributed by atoms with Crippen molar-refractivity contribution in [3.05, 3.63) is 140 Å². The van der Waals surface area contributed by atoms with Crippen LogP contribution in [0.15, 0.2) is 84.1 Å². The van der Waals surface area contributed by atoms with E-state index in [0.29, 0.717) is 28.1 Å². The maximum absolute atomic E-state index is 4.97. The van der Waals surface area contributed by atoms with E-state index in [1.54, 1.807) is 56.7 Å². The molecule has 6 rings (SSSR count). The van der Waals surface area contributed by atoms with E-state index in [9.17, 15) is 0 Å². The van der Waals surface area contributed by atoms with Gasteiger partial charge < -0.3 is 0 Å². The smallest absolute Gasteiger partial charge is 0.132 e. The molecular weight excluding hydrogens is 595 g/mol. The third kappa shape index (κ3) is 6.97. The number of nitrogens with zero attached hydrogens (tertiary/aromatic N) is 1. The fourth-order valence-electron chi connectivity index (χ4n) is 3.48. The van der Waals surface area contributed by atoms with E-state index < -0.39 is 0 Å². The van der Waals surface area contributed by atoms with Crippen molar-refractivity contribution in [1.82, 2.24) is 4.98 Å². The van der Waals surface area contributed by atoms with Crippen molar-refractivity contribution in [3.63, 3.8) is 0 Å². The van der Waals surface area contributed by atoms with Crippen LogP contribution in [0.5, 0.6) is 0 Å². The second-order valence-electron chi connectivity index (χ2n) is 8.24. The summed E-state index contributed by atoms with van der Waals surface area (Å²) >= 11 is 8.03. The van der Waals surface area contributed by atoms with Crippen LogP contribution < -0.4 is 0 Å². The van der Waals surface area contributed by atoms with Crippen molar-refractivity contribution in [2.75, 3.05) is 0 Å². The average Bonchev–Trinajstić information content (AvgIpc) is 3.82. The third-order valence-corrected chi connectivity index (χ3v) is 8.87. The summed E-state index contributed by atoms with van der Waals surface area (Å²) in [7, 11) is 0. The summed E-state index contributed by atoms with van der Waals surface area (Å²) in [6.07, 6.45) is 0. The molecule has 0 aliphatic rings. The summed E-state index contributed by atoms with van der Waals surface area (Å²) in [5.74, 6) is 33.0. The molecule has 0 saturated carbocycles. The number of pyridine rings is 1. The van der Waals surface area contributed by atoms with Gasteiger partial charge in [-0.2, -0.15) is 56.7 Å². The number of rotatable bonds is 0. The Labute approximate surface area is 259 Å². The second-order valence-corrected chi connectivity index (χ2v) is 12.1. The molecule has 0 bridgehead atoms. The first-order chi connectivity index (χ1) is 20.3. The lowest BCUT2D eigenvalue weighted by Gasteiger charge is -2.07. The lowest BCUT2D eigenvalue weighted by Crippen LogP contribution is -2.04. The zero-order chi connectivity index (χ0) is 27.7. The Hall–Kier alpha value is -4.55. The lowest BCUT2D eigenvalue weighted by molar-refractivity contribution is 1.21. The SMILES string of the molecule is C(#Cc1nc(C#Cc2ccsc2)c(C#Cc2ccsc2)c(C#Cc2ccsc2)c1C#Cc1ccsc1)c1ccsc1. The van der Waals surface area contributed by atoms with Gasteiger partial charge in [-0.05, 0) is 69.1 Å². The Morgan fingerprint density at radius 2 is 0.634 bits per heavy atom. The predicted octanol–water partition coefficient (Wildman–Crippen LogP) is 8.39. The van der Waals surface area contributed by atoms with E-state index in [1.807, 2.05) is 84.1 Å². The summed E-state index contributed by atoms with van der Waals surface area (Å²) < 4.78 is 0. The summed E-state index contributed by atoms with van der Waals surface area (Å²) in [6.45, 7) is 0. The molecule has 0 fully saturated rings. The highest BCUT2D eigenvalue weighted by molar-refractivity contribution is 7.09. The number of thiophene rings is 5. The average molecular weight is 610 g/mol. The van der Waals surface area contributed by atoms with Crippen LogP contribution in [0.1, 0.15) is 55.9 Å². The Morgan fingerprint density at radius 1 is 0.341 bits per heavy atom. The molecule has 6 heterocycles. The van der Waals surface area contributed by atoms with Gasteiger partial charge in [0.1, 0.15) is 11.4 Å². The Bertz CT molecular complexity index is 1960. The fraction of sp³-hybridized carbons (Fsp3) is 0. The maximum Gasteiger partial charge on any atom is 0.132 e. The van der Waals surface area contributed by atoms with Crippen molar-refractivity contribution in [2.45, 2.75) is 0 Å². The molecule has 190 valence electrons. The van der Waals surface area contributed by atoms with Gasteiger partial charge in [0.2, 0.25) is 0 Å². The van der Waals surface area contributed by atoms with Crippen molar-refractivity contribution < 1.29 is 0 Å².